The molecule has 0 atom stereocenters. The van der Waals surface area contributed by atoms with Crippen molar-refractivity contribution in [2.24, 2.45) is 7.05 Å². The van der Waals surface area contributed by atoms with Crippen molar-refractivity contribution in [2.75, 3.05) is 5.73 Å². The molecule has 1 aliphatic carbocycles. The van der Waals surface area contributed by atoms with Crippen LogP contribution in [0.15, 0.2) is 18.2 Å². The summed E-state index contributed by atoms with van der Waals surface area (Å²) in [5.74, 6) is 0.619. The van der Waals surface area contributed by atoms with Crippen LogP contribution in [-0.4, -0.2) is 9.78 Å². The molecule has 0 bridgehead atoms. The quantitative estimate of drug-likeness (QED) is 0.743. The van der Waals surface area contributed by atoms with Gasteiger partial charge >= 0.3 is 0 Å². The zero-order chi connectivity index (χ0) is 11.1. The molecule has 1 aromatic heterocycles. The Labute approximate surface area is 95.2 Å². The number of hydrogen-bond donors (Lipinski definition) is 1. The highest BCUT2D eigenvalue weighted by Gasteiger charge is 2.23. The zero-order valence-electron chi connectivity index (χ0n) is 9.61. The van der Waals surface area contributed by atoms with Crippen molar-refractivity contribution < 1.29 is 0 Å². The van der Waals surface area contributed by atoms with E-state index in [-0.39, 0.29) is 0 Å². The van der Waals surface area contributed by atoms with Crippen molar-refractivity contribution in [1.29, 1.82) is 0 Å². The molecule has 3 rings (SSSR count). The van der Waals surface area contributed by atoms with Gasteiger partial charge in [-0.1, -0.05) is 18.9 Å². The van der Waals surface area contributed by atoms with Crippen molar-refractivity contribution in [3.8, 4) is 0 Å². The molecule has 1 fully saturated rings. The lowest BCUT2D eigenvalue weighted by atomic mass is 10.00. The summed E-state index contributed by atoms with van der Waals surface area (Å²) in [6.45, 7) is 0. The summed E-state index contributed by atoms with van der Waals surface area (Å²) in [5.41, 5.74) is 9.32. The first-order valence-corrected chi connectivity index (χ1v) is 5.98. The topological polar surface area (TPSA) is 43.8 Å². The maximum atomic E-state index is 6.08. The molecular formula is C13H17N3. The van der Waals surface area contributed by atoms with Crippen LogP contribution in [0.3, 0.4) is 0 Å². The highest BCUT2D eigenvalue weighted by atomic mass is 15.3. The fourth-order valence-corrected chi connectivity index (χ4v) is 2.86. The summed E-state index contributed by atoms with van der Waals surface area (Å²) in [6.07, 6.45) is 5.19. The van der Waals surface area contributed by atoms with Gasteiger partial charge in [-0.15, -0.1) is 0 Å². The second-order valence-electron chi connectivity index (χ2n) is 4.73. The predicted molar refractivity (Wildman–Crippen MR) is 66.3 cm³/mol. The van der Waals surface area contributed by atoms with Crippen molar-refractivity contribution in [3.63, 3.8) is 0 Å². The highest BCUT2D eigenvalue weighted by Crippen LogP contribution is 2.38. The number of anilines is 1. The molecule has 2 N–H and O–H groups in total. The number of nitrogen functional groups attached to an aromatic ring is 1. The Morgan fingerprint density at radius 3 is 2.81 bits per heavy atom. The Morgan fingerprint density at radius 1 is 1.31 bits per heavy atom. The van der Waals surface area contributed by atoms with Crippen LogP contribution in [0, 0.1) is 0 Å². The minimum Gasteiger partial charge on any atom is -0.398 e. The van der Waals surface area contributed by atoms with E-state index in [1.54, 1.807) is 0 Å². The number of aromatic nitrogens is 2. The summed E-state index contributed by atoms with van der Waals surface area (Å²) in [7, 11) is 2.00. The van der Waals surface area contributed by atoms with Crippen molar-refractivity contribution in [3.05, 3.63) is 23.9 Å². The molecule has 84 valence electrons. The first-order valence-electron chi connectivity index (χ1n) is 5.98. The summed E-state index contributed by atoms with van der Waals surface area (Å²) >= 11 is 0. The van der Waals surface area contributed by atoms with Crippen LogP contribution in [0.25, 0.3) is 10.9 Å². The molecule has 2 aromatic rings. The van der Waals surface area contributed by atoms with E-state index < -0.39 is 0 Å². The third-order valence-corrected chi connectivity index (χ3v) is 3.68. The van der Waals surface area contributed by atoms with Gasteiger partial charge in [-0.05, 0) is 25.0 Å². The van der Waals surface area contributed by atoms with Crippen LogP contribution in [0.1, 0.15) is 37.3 Å². The normalized spacial score (nSPS) is 17.3. The van der Waals surface area contributed by atoms with Crippen LogP contribution in [0.2, 0.25) is 0 Å². The minimum atomic E-state index is 0.619. The van der Waals surface area contributed by atoms with Crippen LogP contribution in [0.4, 0.5) is 5.69 Å². The van der Waals surface area contributed by atoms with Gasteiger partial charge in [0.25, 0.3) is 0 Å². The van der Waals surface area contributed by atoms with E-state index in [4.69, 9.17) is 5.73 Å². The van der Waals surface area contributed by atoms with Crippen molar-refractivity contribution in [1.82, 2.24) is 9.78 Å². The molecule has 1 saturated carbocycles. The van der Waals surface area contributed by atoms with Gasteiger partial charge in [-0.2, -0.15) is 5.10 Å². The molecule has 1 aromatic carbocycles. The number of nitrogens with zero attached hydrogens (tertiary/aromatic N) is 2. The molecular weight excluding hydrogens is 198 g/mol. The van der Waals surface area contributed by atoms with Gasteiger partial charge in [0.2, 0.25) is 0 Å². The van der Waals surface area contributed by atoms with E-state index in [9.17, 15) is 0 Å². The fraction of sp³-hybridized carbons (Fsp3) is 0.462. The van der Waals surface area contributed by atoms with Gasteiger partial charge < -0.3 is 5.73 Å². The van der Waals surface area contributed by atoms with E-state index in [1.165, 1.54) is 36.8 Å². The maximum absolute atomic E-state index is 6.08. The maximum Gasteiger partial charge on any atom is 0.0754 e. The average molecular weight is 215 g/mol. The van der Waals surface area contributed by atoms with Gasteiger partial charge in [0.1, 0.15) is 0 Å². The summed E-state index contributed by atoms with van der Waals surface area (Å²) in [6, 6.07) is 6.07. The largest absolute Gasteiger partial charge is 0.398 e. The highest BCUT2D eigenvalue weighted by molar-refractivity contribution is 5.93. The second-order valence-corrected chi connectivity index (χ2v) is 4.73. The molecule has 1 heterocycles. The second kappa shape index (κ2) is 3.51. The van der Waals surface area contributed by atoms with Crippen LogP contribution in [-0.2, 0) is 7.05 Å². The molecule has 3 heteroatoms. The predicted octanol–water partition coefficient (Wildman–Crippen LogP) is 2.81. The molecule has 0 aliphatic heterocycles. The van der Waals surface area contributed by atoms with Crippen molar-refractivity contribution in [2.45, 2.75) is 31.6 Å². The molecule has 0 radical (unpaired) electrons. The molecule has 0 amide bonds. The van der Waals surface area contributed by atoms with Crippen molar-refractivity contribution >= 4 is 16.6 Å². The third kappa shape index (κ3) is 1.31. The fourth-order valence-electron chi connectivity index (χ4n) is 2.86. The molecule has 1 aliphatic rings. The number of aryl methyl sites for hydroxylation is 1. The van der Waals surface area contributed by atoms with Gasteiger partial charge in [-0.25, -0.2) is 0 Å². The molecule has 16 heavy (non-hydrogen) atoms. The Bertz CT molecular complexity index is 521. The Kier molecular flexibility index (Phi) is 2.13. The van der Waals surface area contributed by atoms with Gasteiger partial charge in [0.05, 0.1) is 11.2 Å². The summed E-state index contributed by atoms with van der Waals surface area (Å²) < 4.78 is 1.96. The SMILES string of the molecule is Cn1nc(C2CCCC2)c2c(N)cccc21. The number of nitrogens with two attached hydrogens (primary N) is 1. The summed E-state index contributed by atoms with van der Waals surface area (Å²) in [4.78, 5) is 0. The Hall–Kier alpha value is -1.51. The zero-order valence-corrected chi connectivity index (χ0v) is 9.61. The molecule has 3 nitrogen and oxygen atoms in total. The van der Waals surface area contributed by atoms with Gasteiger partial charge in [-0.3, -0.25) is 4.68 Å². The van der Waals surface area contributed by atoms with E-state index in [0.29, 0.717) is 5.92 Å². The third-order valence-electron chi connectivity index (χ3n) is 3.68. The Morgan fingerprint density at radius 2 is 2.06 bits per heavy atom. The first-order chi connectivity index (χ1) is 7.77. The van der Waals surface area contributed by atoms with Gasteiger partial charge in [0.15, 0.2) is 0 Å². The monoisotopic (exact) mass is 215 g/mol. The van der Waals surface area contributed by atoms with E-state index in [2.05, 4.69) is 11.2 Å². The lowest BCUT2D eigenvalue weighted by molar-refractivity contribution is 0.666. The standard InChI is InChI=1S/C13H17N3/c1-16-11-8-4-7-10(14)12(11)13(15-16)9-5-2-3-6-9/h4,7-9H,2-3,5-6,14H2,1H3. The lowest BCUT2D eigenvalue weighted by Gasteiger charge is -2.06. The average Bonchev–Trinajstić information content (AvgIpc) is 2.87. The smallest absolute Gasteiger partial charge is 0.0754 e. The molecule has 0 unspecified atom stereocenters. The van der Waals surface area contributed by atoms with Crippen LogP contribution < -0.4 is 5.73 Å². The number of benzene rings is 1. The minimum absolute atomic E-state index is 0.619. The Balaban J connectivity index is 2.24. The first kappa shape index (κ1) is 9.70. The number of rotatable bonds is 1. The van der Waals surface area contributed by atoms with Gasteiger partial charge in [0, 0.05) is 24.0 Å². The number of hydrogen-bond acceptors (Lipinski definition) is 2. The molecule has 0 spiro atoms. The van der Waals surface area contributed by atoms with E-state index in [1.807, 2.05) is 23.9 Å². The lowest BCUT2D eigenvalue weighted by Crippen LogP contribution is -1.97. The van der Waals surface area contributed by atoms with Crippen LogP contribution in [0.5, 0.6) is 0 Å². The van der Waals surface area contributed by atoms with Crippen LogP contribution >= 0.6 is 0 Å². The number of fused-ring (bicyclic) bond motifs is 1. The molecule has 0 saturated heterocycles. The van der Waals surface area contributed by atoms with E-state index in [0.717, 1.165) is 11.2 Å². The van der Waals surface area contributed by atoms with E-state index >= 15 is 0 Å². The summed E-state index contributed by atoms with van der Waals surface area (Å²) in [5, 5.41) is 5.85.